The second kappa shape index (κ2) is 6.30. The van der Waals surface area contributed by atoms with E-state index in [9.17, 15) is 8.42 Å². The van der Waals surface area contributed by atoms with Crippen LogP contribution in [0.5, 0.6) is 0 Å². The van der Waals surface area contributed by atoms with Gasteiger partial charge in [0.05, 0.1) is 26.0 Å². The second-order valence-electron chi connectivity index (χ2n) is 3.76. The van der Waals surface area contributed by atoms with Crippen LogP contribution in [-0.4, -0.2) is 27.3 Å². The molecule has 0 aromatic heterocycles. The molecule has 1 atom stereocenters. The second-order valence-corrected chi connectivity index (χ2v) is 7.08. The molecular formula is C10H13Cl3N2O2S. The Bertz CT molecular complexity index is 534. The predicted molar refractivity (Wildman–Crippen MR) is 77.4 cm³/mol. The van der Waals surface area contributed by atoms with Crippen LogP contribution in [0, 0.1) is 0 Å². The molecule has 102 valence electrons. The number of halogens is 3. The highest BCUT2D eigenvalue weighted by atomic mass is 35.5. The van der Waals surface area contributed by atoms with Crippen molar-refractivity contribution in [2.45, 2.75) is 12.2 Å². The summed E-state index contributed by atoms with van der Waals surface area (Å²) in [6.45, 7) is 1.92. The van der Waals surface area contributed by atoms with Gasteiger partial charge < -0.3 is 5.32 Å². The van der Waals surface area contributed by atoms with Crippen molar-refractivity contribution in [1.29, 1.82) is 0 Å². The number of anilines is 1. The molecule has 0 heterocycles. The number of hydrogen-bond acceptors (Lipinski definition) is 3. The van der Waals surface area contributed by atoms with Crippen molar-refractivity contribution in [2.24, 2.45) is 0 Å². The molecule has 4 nitrogen and oxygen atoms in total. The van der Waals surface area contributed by atoms with Gasteiger partial charge in [-0.1, -0.05) is 34.8 Å². The van der Waals surface area contributed by atoms with E-state index in [0.29, 0.717) is 6.54 Å². The summed E-state index contributed by atoms with van der Waals surface area (Å²) in [5.74, 6) is 0. The van der Waals surface area contributed by atoms with E-state index >= 15 is 0 Å². The van der Waals surface area contributed by atoms with Crippen LogP contribution in [-0.2, 0) is 10.0 Å². The number of benzene rings is 1. The first-order valence-corrected chi connectivity index (χ1v) is 7.76. The lowest BCUT2D eigenvalue weighted by atomic mass is 10.3. The molecule has 1 aromatic carbocycles. The highest BCUT2D eigenvalue weighted by Crippen LogP contribution is 2.32. The normalized spacial score (nSPS) is 13.4. The van der Waals surface area contributed by atoms with Gasteiger partial charge in [-0.05, 0) is 26.1 Å². The van der Waals surface area contributed by atoms with Crippen LogP contribution >= 0.6 is 34.8 Å². The molecular weight excluding hydrogens is 319 g/mol. The van der Waals surface area contributed by atoms with Gasteiger partial charge in [0.25, 0.3) is 0 Å². The van der Waals surface area contributed by atoms with E-state index in [2.05, 4.69) is 10.0 Å². The molecule has 0 bridgehead atoms. The Hall–Kier alpha value is -0.200. The minimum atomic E-state index is -3.53. The topological polar surface area (TPSA) is 58.2 Å². The Labute approximate surface area is 122 Å². The van der Waals surface area contributed by atoms with Gasteiger partial charge in [0.2, 0.25) is 10.0 Å². The molecule has 8 heteroatoms. The Morgan fingerprint density at radius 3 is 2.28 bits per heavy atom. The van der Waals surface area contributed by atoms with Crippen molar-refractivity contribution < 1.29 is 8.42 Å². The van der Waals surface area contributed by atoms with Crippen molar-refractivity contribution in [3.05, 3.63) is 27.2 Å². The van der Waals surface area contributed by atoms with E-state index in [1.807, 2.05) is 0 Å². The molecule has 0 saturated carbocycles. The van der Waals surface area contributed by atoms with E-state index in [1.54, 1.807) is 14.0 Å². The summed E-state index contributed by atoms with van der Waals surface area (Å²) in [5.41, 5.74) is 0.217. The zero-order valence-electron chi connectivity index (χ0n) is 9.80. The van der Waals surface area contributed by atoms with E-state index in [1.165, 1.54) is 12.1 Å². The summed E-state index contributed by atoms with van der Waals surface area (Å²) in [6, 6.07) is 2.78. The molecule has 0 aliphatic carbocycles. The maximum Gasteiger partial charge on any atom is 0.236 e. The van der Waals surface area contributed by atoms with Gasteiger partial charge >= 0.3 is 0 Å². The summed E-state index contributed by atoms with van der Waals surface area (Å²) in [4.78, 5) is 0. The van der Waals surface area contributed by atoms with Crippen LogP contribution in [0.2, 0.25) is 15.1 Å². The third kappa shape index (κ3) is 3.90. The maximum absolute atomic E-state index is 12.0. The lowest BCUT2D eigenvalue weighted by Gasteiger charge is -2.15. The SMILES string of the molecule is CNCC(C)S(=O)(=O)Nc1cc(Cl)c(Cl)cc1Cl. The molecule has 18 heavy (non-hydrogen) atoms. The molecule has 1 unspecified atom stereocenters. The average Bonchev–Trinajstić information content (AvgIpc) is 2.26. The van der Waals surface area contributed by atoms with Crippen LogP contribution in [0.3, 0.4) is 0 Å². The first-order chi connectivity index (χ1) is 8.27. The highest BCUT2D eigenvalue weighted by molar-refractivity contribution is 7.93. The Morgan fingerprint density at radius 2 is 1.72 bits per heavy atom. The van der Waals surface area contributed by atoms with Gasteiger partial charge in [0, 0.05) is 6.54 Å². The van der Waals surface area contributed by atoms with Gasteiger partial charge in [-0.3, -0.25) is 4.72 Å². The fourth-order valence-electron chi connectivity index (χ4n) is 1.25. The smallest absolute Gasteiger partial charge is 0.236 e. The van der Waals surface area contributed by atoms with E-state index in [-0.39, 0.29) is 20.8 Å². The molecule has 0 spiro atoms. The van der Waals surface area contributed by atoms with E-state index in [0.717, 1.165) is 0 Å². The minimum Gasteiger partial charge on any atom is -0.318 e. The molecule has 0 saturated heterocycles. The first kappa shape index (κ1) is 15.9. The lowest BCUT2D eigenvalue weighted by molar-refractivity contribution is 0.584. The summed E-state index contributed by atoms with van der Waals surface area (Å²) in [7, 11) is -1.85. The number of rotatable bonds is 5. The highest BCUT2D eigenvalue weighted by Gasteiger charge is 2.21. The Balaban J connectivity index is 3.01. The summed E-state index contributed by atoms with van der Waals surface area (Å²) in [5, 5.41) is 2.90. The fraction of sp³-hybridized carbons (Fsp3) is 0.400. The Morgan fingerprint density at radius 1 is 1.17 bits per heavy atom. The van der Waals surface area contributed by atoms with Crippen molar-refractivity contribution >= 4 is 50.5 Å². The van der Waals surface area contributed by atoms with Gasteiger partial charge in [0.15, 0.2) is 0 Å². The monoisotopic (exact) mass is 330 g/mol. The summed E-state index contributed by atoms with van der Waals surface area (Å²) >= 11 is 17.5. The quantitative estimate of drug-likeness (QED) is 0.816. The molecule has 0 aliphatic heterocycles. The molecule has 1 aromatic rings. The summed E-state index contributed by atoms with van der Waals surface area (Å²) in [6.07, 6.45) is 0. The fourth-order valence-corrected chi connectivity index (χ4v) is 2.96. The zero-order chi connectivity index (χ0) is 13.9. The third-order valence-electron chi connectivity index (χ3n) is 2.28. The third-order valence-corrected chi connectivity index (χ3v) is 5.05. The molecule has 1 rings (SSSR count). The van der Waals surface area contributed by atoms with Gasteiger partial charge in [-0.25, -0.2) is 8.42 Å². The number of hydrogen-bond donors (Lipinski definition) is 2. The van der Waals surface area contributed by atoms with E-state index < -0.39 is 15.3 Å². The van der Waals surface area contributed by atoms with Crippen molar-refractivity contribution in [3.63, 3.8) is 0 Å². The van der Waals surface area contributed by atoms with Crippen LogP contribution in [0.1, 0.15) is 6.92 Å². The average molecular weight is 332 g/mol. The van der Waals surface area contributed by atoms with Crippen LogP contribution in [0.4, 0.5) is 5.69 Å². The summed E-state index contributed by atoms with van der Waals surface area (Å²) < 4.78 is 26.3. The van der Waals surface area contributed by atoms with Crippen LogP contribution in [0.15, 0.2) is 12.1 Å². The van der Waals surface area contributed by atoms with Crippen LogP contribution in [0.25, 0.3) is 0 Å². The lowest BCUT2D eigenvalue weighted by Crippen LogP contribution is -2.33. The standard InChI is InChI=1S/C10H13Cl3N2O2S/c1-6(5-14-2)18(16,17)15-10-4-8(12)7(11)3-9(10)13/h3-4,6,14-15H,5H2,1-2H3. The van der Waals surface area contributed by atoms with Crippen LogP contribution < -0.4 is 10.0 Å². The van der Waals surface area contributed by atoms with E-state index in [4.69, 9.17) is 34.8 Å². The molecule has 2 N–H and O–H groups in total. The van der Waals surface area contributed by atoms with Crippen molar-refractivity contribution in [1.82, 2.24) is 5.32 Å². The predicted octanol–water partition coefficient (Wildman–Crippen LogP) is 3.00. The minimum absolute atomic E-state index is 0.199. The largest absolute Gasteiger partial charge is 0.318 e. The maximum atomic E-state index is 12.0. The van der Waals surface area contributed by atoms with Gasteiger partial charge in [-0.15, -0.1) is 0 Å². The molecule has 0 aliphatic rings. The molecule has 0 radical (unpaired) electrons. The van der Waals surface area contributed by atoms with Gasteiger partial charge in [-0.2, -0.15) is 0 Å². The zero-order valence-corrected chi connectivity index (χ0v) is 12.9. The number of nitrogens with one attached hydrogen (secondary N) is 2. The van der Waals surface area contributed by atoms with Gasteiger partial charge in [0.1, 0.15) is 0 Å². The number of sulfonamides is 1. The molecule has 0 fully saturated rings. The Kier molecular flexibility index (Phi) is 5.55. The van der Waals surface area contributed by atoms with Crippen molar-refractivity contribution in [3.8, 4) is 0 Å². The molecule has 0 amide bonds. The van der Waals surface area contributed by atoms with Crippen molar-refractivity contribution in [2.75, 3.05) is 18.3 Å². The first-order valence-electron chi connectivity index (χ1n) is 5.08.